The minimum absolute atomic E-state index is 0.0346. The lowest BCUT2D eigenvalue weighted by molar-refractivity contribution is -0.137. The molecule has 0 saturated heterocycles. The van der Waals surface area contributed by atoms with Crippen LogP contribution in [0.5, 0.6) is 0 Å². The smallest absolute Gasteiger partial charge is 0.399 e. The third-order valence-electron chi connectivity index (χ3n) is 4.57. The maximum atomic E-state index is 13.1. The molecule has 1 unspecified atom stereocenters. The first-order valence-corrected chi connectivity index (χ1v) is 11.5. The van der Waals surface area contributed by atoms with Gasteiger partial charge in [0, 0.05) is 16.4 Å². The van der Waals surface area contributed by atoms with Crippen LogP contribution >= 0.6 is 7.14 Å². The number of nitrogen functional groups attached to an aromatic ring is 1. The van der Waals surface area contributed by atoms with Crippen molar-refractivity contribution < 1.29 is 17.7 Å². The van der Waals surface area contributed by atoms with E-state index in [0.717, 1.165) is 12.1 Å². The highest BCUT2D eigenvalue weighted by atomic mass is 31.2. The molecule has 0 saturated carbocycles. The summed E-state index contributed by atoms with van der Waals surface area (Å²) in [4.78, 5) is 8.81. The van der Waals surface area contributed by atoms with Crippen molar-refractivity contribution in [3.05, 3.63) is 53.3 Å². The summed E-state index contributed by atoms with van der Waals surface area (Å²) in [5, 5.41) is 4.50. The Labute approximate surface area is 166 Å². The molecule has 1 atom stereocenters. The third kappa shape index (κ3) is 4.70. The Balaban J connectivity index is 2.05. The molecule has 9 heteroatoms. The fourth-order valence-corrected chi connectivity index (χ4v) is 3.93. The molecule has 0 bridgehead atoms. The van der Waals surface area contributed by atoms with Gasteiger partial charge in [-0.2, -0.15) is 13.2 Å². The Hall–Kier alpha value is -2.60. The summed E-state index contributed by atoms with van der Waals surface area (Å²) in [6.07, 6.45) is -4.49. The number of rotatable bonds is 4. The van der Waals surface area contributed by atoms with Gasteiger partial charge < -0.3 is 15.6 Å². The summed E-state index contributed by atoms with van der Waals surface area (Å²) in [7, 11) is -2.50. The Morgan fingerprint density at radius 1 is 1.10 bits per heavy atom. The predicted molar refractivity (Wildman–Crippen MR) is 111 cm³/mol. The highest BCUT2D eigenvalue weighted by Gasteiger charge is 2.31. The summed E-state index contributed by atoms with van der Waals surface area (Å²) in [6.45, 7) is 6.80. The number of nitrogens with zero attached hydrogens (tertiary/aromatic N) is 2. The predicted octanol–water partition coefficient (Wildman–Crippen LogP) is 4.96. The molecule has 29 heavy (non-hydrogen) atoms. The van der Waals surface area contributed by atoms with Crippen LogP contribution in [-0.4, -0.2) is 23.3 Å². The first kappa shape index (κ1) is 21.1. The van der Waals surface area contributed by atoms with E-state index in [1.54, 1.807) is 45.4 Å². The number of alkyl halides is 3. The number of fused-ring (bicyclic) bond motifs is 1. The summed E-state index contributed by atoms with van der Waals surface area (Å²) >= 11 is 0. The van der Waals surface area contributed by atoms with Crippen molar-refractivity contribution in [2.24, 2.45) is 0 Å². The summed E-state index contributed by atoms with van der Waals surface area (Å²) in [6, 6.07) is 8.30. The molecule has 0 aliphatic rings. The van der Waals surface area contributed by atoms with Gasteiger partial charge in [-0.25, -0.2) is 9.97 Å². The second kappa shape index (κ2) is 7.34. The Bertz CT molecular complexity index is 1120. The minimum Gasteiger partial charge on any atom is -0.399 e. The van der Waals surface area contributed by atoms with Gasteiger partial charge in [0.1, 0.15) is 18.8 Å². The zero-order valence-corrected chi connectivity index (χ0v) is 17.4. The molecule has 2 aromatic carbocycles. The average Bonchev–Trinajstić information content (AvgIpc) is 2.59. The molecular formula is C20H22F3N4OP. The van der Waals surface area contributed by atoms with Crippen LogP contribution in [0.3, 0.4) is 0 Å². The minimum atomic E-state index is -4.49. The van der Waals surface area contributed by atoms with Crippen molar-refractivity contribution in [3.8, 4) is 0 Å². The summed E-state index contributed by atoms with van der Waals surface area (Å²) in [5.74, 6) is 0.978. The van der Waals surface area contributed by atoms with Crippen LogP contribution in [0, 0.1) is 6.92 Å². The normalized spacial score (nSPS) is 13.5. The molecule has 1 heterocycles. The number of hydrogen-bond donors (Lipinski definition) is 2. The van der Waals surface area contributed by atoms with Crippen molar-refractivity contribution in [1.82, 2.24) is 9.97 Å². The summed E-state index contributed by atoms with van der Waals surface area (Å²) in [5.41, 5.74) is 5.96. The van der Waals surface area contributed by atoms with Crippen LogP contribution in [0.15, 0.2) is 36.4 Å². The van der Waals surface area contributed by atoms with Crippen molar-refractivity contribution in [3.63, 3.8) is 0 Å². The van der Waals surface area contributed by atoms with Crippen molar-refractivity contribution in [2.75, 3.05) is 24.4 Å². The van der Waals surface area contributed by atoms with E-state index in [2.05, 4.69) is 15.3 Å². The molecule has 0 aliphatic heterocycles. The lowest BCUT2D eigenvalue weighted by atomic mass is 10.0. The molecular weight excluding hydrogens is 400 g/mol. The van der Waals surface area contributed by atoms with Gasteiger partial charge >= 0.3 is 6.18 Å². The second-order valence-electron chi connectivity index (χ2n) is 7.42. The van der Waals surface area contributed by atoms with E-state index in [0.29, 0.717) is 33.4 Å². The van der Waals surface area contributed by atoms with Gasteiger partial charge in [0.2, 0.25) is 0 Å². The molecule has 1 aromatic heterocycles. The Morgan fingerprint density at radius 2 is 1.79 bits per heavy atom. The number of benzene rings is 2. The molecule has 3 aromatic rings. The fourth-order valence-electron chi connectivity index (χ4n) is 3.06. The molecule has 0 spiro atoms. The Kier molecular flexibility index (Phi) is 5.34. The van der Waals surface area contributed by atoms with Gasteiger partial charge in [-0.3, -0.25) is 0 Å². The van der Waals surface area contributed by atoms with Crippen LogP contribution in [-0.2, 0) is 10.7 Å². The lowest BCUT2D eigenvalue weighted by Gasteiger charge is -2.19. The van der Waals surface area contributed by atoms with E-state index in [1.807, 2.05) is 0 Å². The van der Waals surface area contributed by atoms with E-state index in [4.69, 9.17) is 5.73 Å². The second-order valence-corrected chi connectivity index (χ2v) is 10.6. The van der Waals surface area contributed by atoms with E-state index in [9.17, 15) is 17.7 Å². The van der Waals surface area contributed by atoms with Crippen LogP contribution in [0.2, 0.25) is 0 Å². The van der Waals surface area contributed by atoms with E-state index in [1.165, 1.54) is 6.07 Å². The van der Waals surface area contributed by atoms with Crippen molar-refractivity contribution >= 4 is 34.9 Å². The van der Waals surface area contributed by atoms with Gasteiger partial charge in [-0.15, -0.1) is 0 Å². The van der Waals surface area contributed by atoms with E-state index >= 15 is 0 Å². The first-order chi connectivity index (χ1) is 13.3. The number of nitrogens with two attached hydrogens (primary N) is 1. The maximum Gasteiger partial charge on any atom is 0.416 e. The van der Waals surface area contributed by atoms with Crippen molar-refractivity contribution in [2.45, 2.75) is 26.1 Å². The summed E-state index contributed by atoms with van der Waals surface area (Å²) < 4.78 is 51.9. The number of aryl methyl sites for hydroxylation is 1. The number of halogens is 3. The van der Waals surface area contributed by atoms with Crippen LogP contribution in [0.1, 0.15) is 29.9 Å². The van der Waals surface area contributed by atoms with E-state index < -0.39 is 24.9 Å². The lowest BCUT2D eigenvalue weighted by Crippen LogP contribution is -2.13. The number of hydrogen-bond acceptors (Lipinski definition) is 5. The number of anilines is 2. The van der Waals surface area contributed by atoms with Crippen LogP contribution < -0.4 is 16.4 Å². The molecule has 5 nitrogen and oxygen atoms in total. The fraction of sp³-hybridized carbons (Fsp3) is 0.300. The molecule has 3 N–H and O–H groups in total. The molecule has 0 aliphatic carbocycles. The molecule has 154 valence electrons. The van der Waals surface area contributed by atoms with Gasteiger partial charge in [0.15, 0.2) is 0 Å². The molecule has 0 radical (unpaired) electrons. The highest BCUT2D eigenvalue weighted by Crippen LogP contribution is 2.37. The van der Waals surface area contributed by atoms with Gasteiger partial charge in [0.05, 0.1) is 17.1 Å². The van der Waals surface area contributed by atoms with Gasteiger partial charge in [0.25, 0.3) is 0 Å². The topological polar surface area (TPSA) is 80.9 Å². The molecule has 0 fully saturated rings. The number of nitrogens with one attached hydrogen (secondary N) is 1. The van der Waals surface area contributed by atoms with Gasteiger partial charge in [-0.1, -0.05) is 0 Å². The SMILES string of the molecule is Cc1nc(NC(C)c2cc(N)cc(C(F)(F)F)c2)c2cc(P(C)(C)=O)ccc2n1. The van der Waals surface area contributed by atoms with E-state index in [-0.39, 0.29) is 5.69 Å². The maximum absolute atomic E-state index is 13.1. The average molecular weight is 422 g/mol. The third-order valence-corrected chi connectivity index (χ3v) is 6.09. The number of aromatic nitrogens is 2. The zero-order valence-electron chi connectivity index (χ0n) is 16.5. The molecule has 0 amide bonds. The highest BCUT2D eigenvalue weighted by molar-refractivity contribution is 7.70. The standard InChI is InChI=1S/C20H22F3N4OP/c1-11(13-7-14(20(21,22)23)9-15(24)8-13)25-19-17-10-16(29(3,4)28)5-6-18(17)26-12(2)27-19/h5-11H,24H2,1-4H3,(H,25,26,27). The first-order valence-electron chi connectivity index (χ1n) is 8.93. The monoisotopic (exact) mass is 422 g/mol. The molecule has 3 rings (SSSR count). The Morgan fingerprint density at radius 3 is 2.41 bits per heavy atom. The van der Waals surface area contributed by atoms with Crippen LogP contribution in [0.25, 0.3) is 10.9 Å². The van der Waals surface area contributed by atoms with Gasteiger partial charge in [-0.05, 0) is 69.1 Å². The van der Waals surface area contributed by atoms with Crippen LogP contribution in [0.4, 0.5) is 24.7 Å². The van der Waals surface area contributed by atoms with Crippen molar-refractivity contribution in [1.29, 1.82) is 0 Å². The zero-order chi connectivity index (χ0) is 21.6. The largest absolute Gasteiger partial charge is 0.416 e. The quantitative estimate of drug-likeness (QED) is 0.459.